The predicted octanol–water partition coefficient (Wildman–Crippen LogP) is 2.18. The summed E-state index contributed by atoms with van der Waals surface area (Å²) in [5.74, 6) is -2.37. The summed E-state index contributed by atoms with van der Waals surface area (Å²) < 4.78 is 0. The number of phenolic OH excluding ortho intramolecular Hbond substituents is 1. The van der Waals surface area contributed by atoms with Crippen molar-refractivity contribution in [2.75, 3.05) is 0 Å². The maximum atomic E-state index is 10.3. The Labute approximate surface area is 114 Å². The number of carboxylic acid groups (broad SMARTS) is 2. The van der Waals surface area contributed by atoms with E-state index in [2.05, 4.69) is 0 Å². The van der Waals surface area contributed by atoms with Gasteiger partial charge in [0.25, 0.3) is 0 Å². The van der Waals surface area contributed by atoms with Crippen LogP contribution in [0.25, 0.3) is 0 Å². The van der Waals surface area contributed by atoms with Crippen LogP contribution in [0.2, 0.25) is 0 Å². The van der Waals surface area contributed by atoms with Gasteiger partial charge in [-0.05, 0) is 30.3 Å². The molecule has 20 heavy (non-hydrogen) atoms. The zero-order valence-electron chi connectivity index (χ0n) is 10.2. The number of hydrogen-bond acceptors (Lipinski definition) is 4. The number of aromatic carboxylic acids is 2. The second-order valence-corrected chi connectivity index (χ2v) is 3.68. The van der Waals surface area contributed by atoms with Crippen LogP contribution < -0.4 is 0 Å². The number of carbonyl (C=O) groups is 2. The van der Waals surface area contributed by atoms with Gasteiger partial charge < -0.3 is 20.4 Å². The van der Waals surface area contributed by atoms with E-state index in [1.165, 1.54) is 36.4 Å². The first-order valence-electron chi connectivity index (χ1n) is 5.45. The van der Waals surface area contributed by atoms with E-state index in [9.17, 15) is 9.59 Å². The van der Waals surface area contributed by atoms with Gasteiger partial charge in [-0.2, -0.15) is 0 Å². The molecule has 0 spiro atoms. The molecule has 0 unspecified atom stereocenters. The first-order chi connectivity index (χ1) is 9.41. The van der Waals surface area contributed by atoms with E-state index >= 15 is 0 Å². The number of carboxylic acids is 2. The van der Waals surface area contributed by atoms with Gasteiger partial charge in [-0.1, -0.05) is 18.2 Å². The van der Waals surface area contributed by atoms with Crippen molar-refractivity contribution >= 4 is 11.9 Å². The molecule has 0 bridgehead atoms. The molecule has 2 aromatic carbocycles. The normalized spacial score (nSPS) is 9.20. The van der Waals surface area contributed by atoms with Gasteiger partial charge in [-0.25, -0.2) is 9.59 Å². The Bertz CT molecular complexity index is 621. The Morgan fingerprint density at radius 2 is 1.45 bits per heavy atom. The van der Waals surface area contributed by atoms with Crippen molar-refractivity contribution < 1.29 is 30.0 Å². The summed E-state index contributed by atoms with van der Waals surface area (Å²) >= 11 is 0. The fourth-order valence-electron chi connectivity index (χ4n) is 1.29. The van der Waals surface area contributed by atoms with E-state index in [1.807, 2.05) is 0 Å². The third-order valence-electron chi connectivity index (χ3n) is 2.23. The van der Waals surface area contributed by atoms with Crippen molar-refractivity contribution in [3.63, 3.8) is 0 Å². The minimum Gasteiger partial charge on any atom is -0.508 e. The second kappa shape index (κ2) is 6.79. The third-order valence-corrected chi connectivity index (χ3v) is 2.23. The Hall–Kier alpha value is -3.02. The van der Waals surface area contributed by atoms with Crippen LogP contribution in [0.3, 0.4) is 0 Å². The van der Waals surface area contributed by atoms with E-state index < -0.39 is 11.9 Å². The Kier molecular flexibility index (Phi) is 5.11. The van der Waals surface area contributed by atoms with Crippen LogP contribution in [0.15, 0.2) is 48.5 Å². The van der Waals surface area contributed by atoms with Crippen LogP contribution in [0, 0.1) is 0 Å². The van der Waals surface area contributed by atoms with E-state index in [-0.39, 0.29) is 22.6 Å². The highest BCUT2D eigenvalue weighted by Gasteiger charge is 2.05. The van der Waals surface area contributed by atoms with Crippen LogP contribution in [-0.4, -0.2) is 32.4 Å². The summed E-state index contributed by atoms with van der Waals surface area (Å²) in [5.41, 5.74) is 0.0301. The fourth-order valence-corrected chi connectivity index (χ4v) is 1.29. The minimum absolute atomic E-state index is 0.0279. The molecule has 4 N–H and O–H groups in total. The Balaban J connectivity index is 0.000000200. The molecule has 2 aromatic rings. The maximum absolute atomic E-state index is 10.3. The summed E-state index contributed by atoms with van der Waals surface area (Å²) in [6, 6.07) is 11.3. The lowest BCUT2D eigenvalue weighted by Crippen LogP contribution is -1.95. The van der Waals surface area contributed by atoms with E-state index in [4.69, 9.17) is 20.4 Å². The Morgan fingerprint density at radius 3 is 1.85 bits per heavy atom. The molecule has 0 atom stereocenters. The van der Waals surface area contributed by atoms with E-state index in [0.29, 0.717) is 0 Å². The van der Waals surface area contributed by atoms with E-state index in [1.54, 1.807) is 12.1 Å². The van der Waals surface area contributed by atoms with Gasteiger partial charge in [0, 0.05) is 0 Å². The molecule has 6 nitrogen and oxygen atoms in total. The summed E-state index contributed by atoms with van der Waals surface area (Å²) in [4.78, 5) is 20.5. The molecule has 0 radical (unpaired) electrons. The van der Waals surface area contributed by atoms with Gasteiger partial charge in [0.1, 0.15) is 17.1 Å². The van der Waals surface area contributed by atoms with Crippen molar-refractivity contribution in [2.45, 2.75) is 0 Å². The molecule has 0 saturated carbocycles. The molecule has 0 fully saturated rings. The highest BCUT2D eigenvalue weighted by atomic mass is 16.4. The third kappa shape index (κ3) is 4.34. The monoisotopic (exact) mass is 276 g/mol. The van der Waals surface area contributed by atoms with Crippen LogP contribution >= 0.6 is 0 Å². The average Bonchev–Trinajstić information content (AvgIpc) is 2.39. The molecule has 0 heterocycles. The lowest BCUT2D eigenvalue weighted by molar-refractivity contribution is 0.0684. The van der Waals surface area contributed by atoms with Crippen LogP contribution in [0.5, 0.6) is 11.5 Å². The molecular formula is C14H12O6. The standard InChI is InChI=1S/2C7H6O3/c8-6-3-1-2-5(4-6)7(9)10;8-6-4-2-1-3-5(6)7(9)10/h2*1-4,8H,(H,9,10). The Morgan fingerprint density at radius 1 is 0.800 bits per heavy atom. The molecule has 0 aliphatic rings. The smallest absolute Gasteiger partial charge is 0.339 e. The molecule has 6 heteroatoms. The van der Waals surface area contributed by atoms with Crippen LogP contribution in [0.4, 0.5) is 0 Å². The average molecular weight is 276 g/mol. The van der Waals surface area contributed by atoms with Crippen molar-refractivity contribution in [1.82, 2.24) is 0 Å². The van der Waals surface area contributed by atoms with Gasteiger partial charge in [-0.15, -0.1) is 0 Å². The van der Waals surface area contributed by atoms with Crippen molar-refractivity contribution in [3.05, 3.63) is 59.7 Å². The number of aromatic hydroxyl groups is 2. The number of hydrogen-bond donors (Lipinski definition) is 4. The van der Waals surface area contributed by atoms with Crippen molar-refractivity contribution in [2.24, 2.45) is 0 Å². The van der Waals surface area contributed by atoms with Gasteiger partial charge in [-0.3, -0.25) is 0 Å². The lowest BCUT2D eigenvalue weighted by Gasteiger charge is -1.95. The molecule has 0 amide bonds. The number of rotatable bonds is 2. The van der Waals surface area contributed by atoms with Crippen molar-refractivity contribution in [1.29, 1.82) is 0 Å². The van der Waals surface area contributed by atoms with Crippen LogP contribution in [-0.2, 0) is 0 Å². The quantitative estimate of drug-likeness (QED) is 0.668. The predicted molar refractivity (Wildman–Crippen MR) is 70.1 cm³/mol. The lowest BCUT2D eigenvalue weighted by atomic mass is 10.2. The molecule has 0 aliphatic carbocycles. The topological polar surface area (TPSA) is 115 Å². The fraction of sp³-hybridized carbons (Fsp3) is 0. The number of para-hydroxylation sites is 1. The van der Waals surface area contributed by atoms with E-state index in [0.717, 1.165) is 0 Å². The minimum atomic E-state index is -1.11. The van der Waals surface area contributed by atoms with Crippen LogP contribution in [0.1, 0.15) is 20.7 Å². The van der Waals surface area contributed by atoms with Gasteiger partial charge in [0.15, 0.2) is 0 Å². The van der Waals surface area contributed by atoms with Gasteiger partial charge in [0.05, 0.1) is 5.56 Å². The molecule has 2 rings (SSSR count). The first-order valence-corrected chi connectivity index (χ1v) is 5.45. The van der Waals surface area contributed by atoms with Gasteiger partial charge in [0.2, 0.25) is 0 Å². The zero-order chi connectivity index (χ0) is 15.1. The summed E-state index contributed by atoms with van der Waals surface area (Å²) in [6.07, 6.45) is 0. The largest absolute Gasteiger partial charge is 0.508 e. The second-order valence-electron chi connectivity index (χ2n) is 3.68. The maximum Gasteiger partial charge on any atom is 0.339 e. The molecule has 104 valence electrons. The van der Waals surface area contributed by atoms with Gasteiger partial charge >= 0.3 is 11.9 Å². The summed E-state index contributed by atoms with van der Waals surface area (Å²) in [7, 11) is 0. The molecular weight excluding hydrogens is 264 g/mol. The first kappa shape index (κ1) is 15.0. The molecule has 0 aliphatic heterocycles. The van der Waals surface area contributed by atoms with Crippen molar-refractivity contribution in [3.8, 4) is 11.5 Å². The molecule has 0 saturated heterocycles. The molecule has 0 aromatic heterocycles. The number of phenols is 2. The summed E-state index contributed by atoms with van der Waals surface area (Å²) in [5, 5.41) is 34.5. The SMILES string of the molecule is O=C(O)c1cccc(O)c1.O=C(O)c1ccccc1O. The highest BCUT2D eigenvalue weighted by Crippen LogP contribution is 2.14. The summed E-state index contributed by atoms with van der Waals surface area (Å²) in [6.45, 7) is 0. The zero-order valence-corrected chi connectivity index (χ0v) is 10.2. The number of benzene rings is 2. The highest BCUT2D eigenvalue weighted by molar-refractivity contribution is 5.90.